The van der Waals surface area contributed by atoms with Crippen LogP contribution in [-0.2, 0) is 0 Å². The van der Waals surface area contributed by atoms with Crippen molar-refractivity contribution in [3.05, 3.63) is 48.5 Å². The number of nitrogens with zero attached hydrogens (tertiary/aromatic N) is 1. The molecule has 0 aliphatic rings. The second-order valence-electron chi connectivity index (χ2n) is 3.09. The quantitative estimate of drug-likeness (QED) is 0.788. The van der Waals surface area contributed by atoms with Crippen molar-refractivity contribution >= 4 is 17.1 Å². The first kappa shape index (κ1) is 9.45. The second-order valence-corrected chi connectivity index (χ2v) is 3.09. The first-order valence-corrected chi connectivity index (χ1v) is 4.48. The molecule has 76 valence electrons. The Hall–Kier alpha value is -2.10. The fourth-order valence-electron chi connectivity index (χ4n) is 1.20. The summed E-state index contributed by atoms with van der Waals surface area (Å²) in [5.74, 6) is -0.264. The van der Waals surface area contributed by atoms with Crippen LogP contribution >= 0.6 is 0 Å². The molecule has 1 aromatic carbocycles. The number of nitrogens with two attached hydrogens (primary N) is 1. The first-order valence-electron chi connectivity index (χ1n) is 4.48. The van der Waals surface area contributed by atoms with Crippen molar-refractivity contribution in [3.63, 3.8) is 0 Å². The molecule has 0 saturated carbocycles. The maximum atomic E-state index is 12.6. The maximum absolute atomic E-state index is 12.6. The average molecular weight is 203 g/mol. The summed E-state index contributed by atoms with van der Waals surface area (Å²) < 4.78 is 12.6. The lowest BCUT2D eigenvalue weighted by Crippen LogP contribution is -1.96. The summed E-state index contributed by atoms with van der Waals surface area (Å²) in [7, 11) is 0. The zero-order valence-electron chi connectivity index (χ0n) is 7.94. The van der Waals surface area contributed by atoms with Crippen molar-refractivity contribution in [1.82, 2.24) is 4.98 Å². The van der Waals surface area contributed by atoms with Gasteiger partial charge in [-0.2, -0.15) is 0 Å². The van der Waals surface area contributed by atoms with Crippen molar-refractivity contribution in [2.24, 2.45) is 0 Å². The molecule has 3 N–H and O–H groups in total. The number of nitrogen functional groups attached to an aromatic ring is 1. The van der Waals surface area contributed by atoms with Crippen LogP contribution in [0.25, 0.3) is 0 Å². The van der Waals surface area contributed by atoms with Crippen LogP contribution in [0.1, 0.15) is 0 Å². The Morgan fingerprint density at radius 2 is 1.87 bits per heavy atom. The third kappa shape index (κ3) is 2.22. The van der Waals surface area contributed by atoms with E-state index in [1.54, 1.807) is 30.6 Å². The molecule has 1 aromatic heterocycles. The molecule has 0 aliphatic carbocycles. The molecule has 0 amide bonds. The molecule has 2 aromatic rings. The van der Waals surface area contributed by atoms with E-state index >= 15 is 0 Å². The molecule has 0 unspecified atom stereocenters. The highest BCUT2D eigenvalue weighted by Crippen LogP contribution is 2.21. The fraction of sp³-hybridized carbons (Fsp3) is 0. The van der Waals surface area contributed by atoms with Gasteiger partial charge >= 0.3 is 0 Å². The van der Waals surface area contributed by atoms with Gasteiger partial charge in [0.1, 0.15) is 5.82 Å². The molecular formula is C11H10FN3. The molecule has 0 bridgehead atoms. The van der Waals surface area contributed by atoms with Crippen molar-refractivity contribution in [2.45, 2.75) is 0 Å². The topological polar surface area (TPSA) is 50.9 Å². The number of hydrogen-bond acceptors (Lipinski definition) is 3. The summed E-state index contributed by atoms with van der Waals surface area (Å²) in [5.41, 5.74) is 7.81. The zero-order chi connectivity index (χ0) is 10.7. The fourth-order valence-corrected chi connectivity index (χ4v) is 1.20. The molecule has 3 nitrogen and oxygen atoms in total. The third-order valence-electron chi connectivity index (χ3n) is 1.98. The monoisotopic (exact) mass is 203 g/mol. The maximum Gasteiger partial charge on any atom is 0.123 e. The van der Waals surface area contributed by atoms with Crippen LogP contribution in [0.4, 0.5) is 21.5 Å². The highest BCUT2D eigenvalue weighted by Gasteiger charge is 1.98. The standard InChI is InChI=1S/C11H10FN3/c12-8-1-3-9(4-2-8)15-11-7-14-6-5-10(11)13/h1-7,15H,(H2,13,14). The van der Waals surface area contributed by atoms with Gasteiger partial charge in [-0.3, -0.25) is 4.98 Å². The predicted octanol–water partition coefficient (Wildman–Crippen LogP) is 2.55. The zero-order valence-corrected chi connectivity index (χ0v) is 7.94. The minimum absolute atomic E-state index is 0.264. The van der Waals surface area contributed by atoms with E-state index < -0.39 is 0 Å². The largest absolute Gasteiger partial charge is 0.397 e. The lowest BCUT2D eigenvalue weighted by atomic mass is 10.3. The summed E-state index contributed by atoms with van der Waals surface area (Å²) >= 11 is 0. The minimum Gasteiger partial charge on any atom is -0.397 e. The number of hydrogen-bond donors (Lipinski definition) is 2. The van der Waals surface area contributed by atoms with Crippen LogP contribution in [0.5, 0.6) is 0 Å². The lowest BCUT2D eigenvalue weighted by Gasteiger charge is -2.07. The molecule has 0 radical (unpaired) electrons. The normalized spacial score (nSPS) is 9.93. The molecule has 0 fully saturated rings. The smallest absolute Gasteiger partial charge is 0.123 e. The number of pyridine rings is 1. The second kappa shape index (κ2) is 3.96. The Kier molecular flexibility index (Phi) is 2.49. The van der Waals surface area contributed by atoms with Gasteiger partial charge in [0.2, 0.25) is 0 Å². The van der Waals surface area contributed by atoms with Gasteiger partial charge in [0, 0.05) is 11.9 Å². The third-order valence-corrected chi connectivity index (χ3v) is 1.98. The van der Waals surface area contributed by atoms with Crippen LogP contribution < -0.4 is 11.1 Å². The SMILES string of the molecule is Nc1ccncc1Nc1ccc(F)cc1. The van der Waals surface area contributed by atoms with E-state index in [0.29, 0.717) is 11.4 Å². The first-order chi connectivity index (χ1) is 7.25. The highest BCUT2D eigenvalue weighted by atomic mass is 19.1. The van der Waals surface area contributed by atoms with Crippen molar-refractivity contribution < 1.29 is 4.39 Å². The number of anilines is 3. The van der Waals surface area contributed by atoms with E-state index in [1.807, 2.05) is 0 Å². The number of halogens is 1. The summed E-state index contributed by atoms with van der Waals surface area (Å²) in [6.07, 6.45) is 3.24. The van der Waals surface area contributed by atoms with Gasteiger partial charge in [-0.25, -0.2) is 4.39 Å². The Morgan fingerprint density at radius 1 is 1.13 bits per heavy atom. The van der Waals surface area contributed by atoms with Crippen molar-refractivity contribution in [1.29, 1.82) is 0 Å². The van der Waals surface area contributed by atoms with Crippen LogP contribution in [0.15, 0.2) is 42.7 Å². The van der Waals surface area contributed by atoms with Gasteiger partial charge in [-0.15, -0.1) is 0 Å². The number of rotatable bonds is 2. The van der Waals surface area contributed by atoms with Gasteiger partial charge < -0.3 is 11.1 Å². The number of nitrogens with one attached hydrogen (secondary N) is 1. The van der Waals surface area contributed by atoms with E-state index in [0.717, 1.165) is 5.69 Å². The number of aromatic nitrogens is 1. The van der Waals surface area contributed by atoms with Crippen LogP contribution in [-0.4, -0.2) is 4.98 Å². The van der Waals surface area contributed by atoms with Crippen molar-refractivity contribution in [3.8, 4) is 0 Å². The Morgan fingerprint density at radius 3 is 2.53 bits per heavy atom. The Balaban J connectivity index is 2.22. The molecule has 2 rings (SSSR count). The van der Waals surface area contributed by atoms with Crippen molar-refractivity contribution in [2.75, 3.05) is 11.1 Å². The van der Waals surface area contributed by atoms with Gasteiger partial charge in [-0.05, 0) is 30.3 Å². The molecular weight excluding hydrogens is 193 g/mol. The lowest BCUT2D eigenvalue weighted by molar-refractivity contribution is 0.628. The number of benzene rings is 1. The molecule has 4 heteroatoms. The van der Waals surface area contributed by atoms with E-state index in [2.05, 4.69) is 10.3 Å². The minimum atomic E-state index is -0.264. The summed E-state index contributed by atoms with van der Waals surface area (Å²) in [6, 6.07) is 7.75. The molecule has 0 saturated heterocycles. The van der Waals surface area contributed by atoms with E-state index in [9.17, 15) is 4.39 Å². The molecule has 15 heavy (non-hydrogen) atoms. The van der Waals surface area contributed by atoms with Gasteiger partial charge in [0.15, 0.2) is 0 Å². The van der Waals surface area contributed by atoms with Crippen LogP contribution in [0, 0.1) is 5.82 Å². The van der Waals surface area contributed by atoms with Gasteiger partial charge in [0.25, 0.3) is 0 Å². The Bertz CT molecular complexity index is 454. The molecule has 1 heterocycles. The van der Waals surface area contributed by atoms with Gasteiger partial charge in [-0.1, -0.05) is 0 Å². The van der Waals surface area contributed by atoms with Crippen LogP contribution in [0.2, 0.25) is 0 Å². The Labute approximate surface area is 86.8 Å². The summed E-state index contributed by atoms with van der Waals surface area (Å²) in [5, 5.41) is 3.05. The molecule has 0 atom stereocenters. The molecule has 0 aliphatic heterocycles. The highest BCUT2D eigenvalue weighted by molar-refractivity contribution is 5.71. The average Bonchev–Trinajstić information content (AvgIpc) is 2.25. The summed E-state index contributed by atoms with van der Waals surface area (Å²) in [4.78, 5) is 3.94. The van der Waals surface area contributed by atoms with E-state index in [-0.39, 0.29) is 5.82 Å². The summed E-state index contributed by atoms with van der Waals surface area (Å²) in [6.45, 7) is 0. The van der Waals surface area contributed by atoms with Gasteiger partial charge in [0.05, 0.1) is 17.6 Å². The van der Waals surface area contributed by atoms with E-state index in [4.69, 9.17) is 5.73 Å². The van der Waals surface area contributed by atoms with E-state index in [1.165, 1.54) is 12.1 Å². The predicted molar refractivity (Wildman–Crippen MR) is 58.3 cm³/mol. The molecule has 0 spiro atoms. The van der Waals surface area contributed by atoms with Crippen LogP contribution in [0.3, 0.4) is 0 Å².